The highest BCUT2D eigenvalue weighted by atomic mass is 16.5. The summed E-state index contributed by atoms with van der Waals surface area (Å²) in [4.78, 5) is 13.8. The van der Waals surface area contributed by atoms with E-state index in [4.69, 9.17) is 4.74 Å². The van der Waals surface area contributed by atoms with Crippen LogP contribution in [0.3, 0.4) is 0 Å². The fourth-order valence-corrected chi connectivity index (χ4v) is 2.40. The summed E-state index contributed by atoms with van der Waals surface area (Å²) in [6.07, 6.45) is 4.63. The molecule has 5 heteroatoms. The quantitative estimate of drug-likeness (QED) is 0.598. The van der Waals surface area contributed by atoms with Crippen LogP contribution < -0.4 is 10.6 Å². The molecule has 0 radical (unpaired) electrons. The third-order valence-corrected chi connectivity index (χ3v) is 3.64. The van der Waals surface area contributed by atoms with Crippen molar-refractivity contribution in [2.75, 3.05) is 53.5 Å². The maximum atomic E-state index is 11.7. The lowest BCUT2D eigenvalue weighted by Gasteiger charge is -2.25. The molecule has 19 heavy (non-hydrogen) atoms. The normalized spacial score (nSPS) is 16.8. The van der Waals surface area contributed by atoms with Gasteiger partial charge in [0.25, 0.3) is 0 Å². The van der Waals surface area contributed by atoms with Gasteiger partial charge in [-0.05, 0) is 58.3 Å². The van der Waals surface area contributed by atoms with Crippen molar-refractivity contribution >= 4 is 5.91 Å². The molecule has 1 aliphatic heterocycles. The van der Waals surface area contributed by atoms with Gasteiger partial charge in [0.15, 0.2) is 0 Å². The molecule has 0 saturated carbocycles. The Kier molecular flexibility index (Phi) is 8.79. The first kappa shape index (κ1) is 16.4. The maximum absolute atomic E-state index is 11.7. The van der Waals surface area contributed by atoms with Gasteiger partial charge in [0.1, 0.15) is 0 Å². The predicted molar refractivity (Wildman–Crippen MR) is 77.2 cm³/mol. The summed E-state index contributed by atoms with van der Waals surface area (Å²) in [5.41, 5.74) is 0. The van der Waals surface area contributed by atoms with Gasteiger partial charge in [-0.2, -0.15) is 0 Å². The van der Waals surface area contributed by atoms with E-state index in [0.717, 1.165) is 32.0 Å². The van der Waals surface area contributed by atoms with Gasteiger partial charge in [0.05, 0.1) is 6.54 Å². The Balaban J connectivity index is 2.02. The van der Waals surface area contributed by atoms with Crippen LogP contribution in [0.4, 0.5) is 0 Å². The van der Waals surface area contributed by atoms with Crippen molar-refractivity contribution in [2.45, 2.75) is 25.7 Å². The Morgan fingerprint density at radius 1 is 1.42 bits per heavy atom. The van der Waals surface area contributed by atoms with Gasteiger partial charge < -0.3 is 15.4 Å². The standard InChI is InChI=1S/C14H29N3O2/c1-17(10-6-13-4-8-15-9-5-13)12-14(18)16-7-3-11-19-2/h13,15H,3-12H2,1-2H3,(H,16,18). The van der Waals surface area contributed by atoms with E-state index in [-0.39, 0.29) is 5.91 Å². The number of hydrogen-bond acceptors (Lipinski definition) is 4. The van der Waals surface area contributed by atoms with Crippen LogP contribution >= 0.6 is 0 Å². The van der Waals surface area contributed by atoms with E-state index >= 15 is 0 Å². The number of amides is 1. The number of carbonyl (C=O) groups excluding carboxylic acids is 1. The van der Waals surface area contributed by atoms with Crippen LogP contribution in [-0.2, 0) is 9.53 Å². The number of nitrogens with one attached hydrogen (secondary N) is 2. The predicted octanol–water partition coefficient (Wildman–Crippen LogP) is 0.461. The second kappa shape index (κ2) is 10.2. The minimum Gasteiger partial charge on any atom is -0.385 e. The van der Waals surface area contributed by atoms with Crippen molar-refractivity contribution in [3.63, 3.8) is 0 Å². The summed E-state index contributed by atoms with van der Waals surface area (Å²) in [6.45, 7) is 5.21. The van der Waals surface area contributed by atoms with Crippen LogP contribution in [0.5, 0.6) is 0 Å². The first-order valence-electron chi connectivity index (χ1n) is 7.37. The number of piperidine rings is 1. The second-order valence-electron chi connectivity index (χ2n) is 5.42. The topological polar surface area (TPSA) is 53.6 Å². The average Bonchev–Trinajstić information content (AvgIpc) is 2.42. The van der Waals surface area contributed by atoms with E-state index in [1.165, 1.54) is 19.3 Å². The Morgan fingerprint density at radius 2 is 2.16 bits per heavy atom. The lowest BCUT2D eigenvalue weighted by Crippen LogP contribution is -2.37. The highest BCUT2D eigenvalue weighted by molar-refractivity contribution is 5.77. The highest BCUT2D eigenvalue weighted by Crippen LogP contribution is 2.15. The minimum absolute atomic E-state index is 0.115. The Morgan fingerprint density at radius 3 is 2.84 bits per heavy atom. The summed E-state index contributed by atoms with van der Waals surface area (Å²) in [5.74, 6) is 0.942. The number of rotatable bonds is 9. The molecule has 1 fully saturated rings. The van der Waals surface area contributed by atoms with Crippen LogP contribution in [-0.4, -0.2) is 64.3 Å². The number of methoxy groups -OCH3 is 1. The van der Waals surface area contributed by atoms with E-state index in [0.29, 0.717) is 19.7 Å². The molecular weight excluding hydrogens is 242 g/mol. The van der Waals surface area contributed by atoms with Gasteiger partial charge in [0, 0.05) is 20.3 Å². The van der Waals surface area contributed by atoms with Crippen molar-refractivity contribution < 1.29 is 9.53 Å². The first-order valence-corrected chi connectivity index (χ1v) is 7.37. The average molecular weight is 271 g/mol. The SMILES string of the molecule is COCCCNC(=O)CN(C)CCC1CCNCC1. The van der Waals surface area contributed by atoms with Gasteiger partial charge in [-0.15, -0.1) is 0 Å². The van der Waals surface area contributed by atoms with Crippen molar-refractivity contribution in [1.82, 2.24) is 15.5 Å². The number of nitrogens with zero attached hydrogens (tertiary/aromatic N) is 1. The van der Waals surface area contributed by atoms with Crippen LogP contribution in [0.25, 0.3) is 0 Å². The van der Waals surface area contributed by atoms with Crippen molar-refractivity contribution in [1.29, 1.82) is 0 Å². The van der Waals surface area contributed by atoms with E-state index in [9.17, 15) is 4.79 Å². The number of carbonyl (C=O) groups is 1. The third-order valence-electron chi connectivity index (χ3n) is 3.64. The lowest BCUT2D eigenvalue weighted by atomic mass is 9.94. The molecule has 0 unspecified atom stereocenters. The van der Waals surface area contributed by atoms with E-state index in [1.54, 1.807) is 7.11 Å². The molecule has 0 aromatic heterocycles. The highest BCUT2D eigenvalue weighted by Gasteiger charge is 2.14. The summed E-state index contributed by atoms with van der Waals surface area (Å²) in [5, 5.41) is 6.30. The molecule has 1 aliphatic rings. The summed E-state index contributed by atoms with van der Waals surface area (Å²) in [6, 6.07) is 0. The Labute approximate surface area is 117 Å². The molecule has 0 aromatic carbocycles. The molecule has 1 saturated heterocycles. The molecule has 1 rings (SSSR count). The largest absolute Gasteiger partial charge is 0.385 e. The summed E-state index contributed by atoms with van der Waals surface area (Å²) in [7, 11) is 3.70. The summed E-state index contributed by atoms with van der Waals surface area (Å²) >= 11 is 0. The monoisotopic (exact) mass is 271 g/mol. The molecule has 0 bridgehead atoms. The molecule has 1 amide bonds. The molecule has 0 atom stereocenters. The third kappa shape index (κ3) is 8.18. The molecule has 112 valence electrons. The fourth-order valence-electron chi connectivity index (χ4n) is 2.40. The molecular formula is C14H29N3O2. The molecule has 0 aromatic rings. The second-order valence-corrected chi connectivity index (χ2v) is 5.42. The van der Waals surface area contributed by atoms with Gasteiger partial charge in [0.2, 0.25) is 5.91 Å². The molecule has 1 heterocycles. The maximum Gasteiger partial charge on any atom is 0.234 e. The van der Waals surface area contributed by atoms with Crippen LogP contribution in [0.2, 0.25) is 0 Å². The van der Waals surface area contributed by atoms with E-state index in [1.807, 2.05) is 7.05 Å². The van der Waals surface area contributed by atoms with Crippen LogP contribution in [0, 0.1) is 5.92 Å². The Bertz CT molecular complexity index is 243. The smallest absolute Gasteiger partial charge is 0.234 e. The van der Waals surface area contributed by atoms with Gasteiger partial charge in [-0.3, -0.25) is 9.69 Å². The van der Waals surface area contributed by atoms with Crippen molar-refractivity contribution in [3.05, 3.63) is 0 Å². The van der Waals surface area contributed by atoms with Crippen LogP contribution in [0.1, 0.15) is 25.7 Å². The molecule has 0 spiro atoms. The fraction of sp³-hybridized carbons (Fsp3) is 0.929. The Hall–Kier alpha value is -0.650. The number of ether oxygens (including phenoxy) is 1. The van der Waals surface area contributed by atoms with E-state index in [2.05, 4.69) is 15.5 Å². The van der Waals surface area contributed by atoms with Crippen molar-refractivity contribution in [2.24, 2.45) is 5.92 Å². The minimum atomic E-state index is 0.115. The molecule has 0 aliphatic carbocycles. The van der Waals surface area contributed by atoms with Crippen LogP contribution in [0.15, 0.2) is 0 Å². The summed E-state index contributed by atoms with van der Waals surface area (Å²) < 4.78 is 4.94. The van der Waals surface area contributed by atoms with Gasteiger partial charge >= 0.3 is 0 Å². The van der Waals surface area contributed by atoms with Crippen molar-refractivity contribution in [3.8, 4) is 0 Å². The van der Waals surface area contributed by atoms with E-state index < -0.39 is 0 Å². The number of hydrogen-bond donors (Lipinski definition) is 2. The molecule has 5 nitrogen and oxygen atoms in total. The first-order chi connectivity index (χ1) is 9.22. The zero-order valence-corrected chi connectivity index (χ0v) is 12.4. The zero-order chi connectivity index (χ0) is 13.9. The lowest BCUT2D eigenvalue weighted by molar-refractivity contribution is -0.122. The number of likely N-dealkylation sites (N-methyl/N-ethyl adjacent to an activating group) is 1. The van der Waals surface area contributed by atoms with Gasteiger partial charge in [-0.1, -0.05) is 0 Å². The zero-order valence-electron chi connectivity index (χ0n) is 12.4. The molecule has 2 N–H and O–H groups in total. The van der Waals surface area contributed by atoms with Gasteiger partial charge in [-0.25, -0.2) is 0 Å².